The minimum Gasteiger partial charge on any atom is -0.389 e. The highest BCUT2D eigenvalue weighted by atomic mass is 16.3. The first-order valence-electron chi connectivity index (χ1n) is 5.61. The molecule has 1 rings (SSSR count). The van der Waals surface area contributed by atoms with Gasteiger partial charge in [-0.25, -0.2) is 0 Å². The number of likely N-dealkylation sites (N-methyl/N-ethyl adjacent to an activating group) is 1. The number of β-amino-alcohol motifs (C(OH)–C–C–N with tert-alkyl or cyclic N) is 1. The van der Waals surface area contributed by atoms with E-state index in [1.165, 1.54) is 0 Å². The molecular weight excluding hydrogens is 176 g/mol. The van der Waals surface area contributed by atoms with Crippen LogP contribution in [0.4, 0.5) is 0 Å². The molecule has 3 heteroatoms. The Hall–Kier alpha value is -0.120. The van der Waals surface area contributed by atoms with Crippen LogP contribution in [-0.2, 0) is 0 Å². The van der Waals surface area contributed by atoms with Crippen molar-refractivity contribution in [3.63, 3.8) is 0 Å². The third-order valence-electron chi connectivity index (χ3n) is 2.21. The van der Waals surface area contributed by atoms with E-state index in [2.05, 4.69) is 16.8 Å². The summed E-state index contributed by atoms with van der Waals surface area (Å²) in [6, 6.07) is 0. The fourth-order valence-electron chi connectivity index (χ4n) is 1.55. The topological polar surface area (TPSA) is 26.7 Å². The minimum absolute atomic E-state index is 0.546. The van der Waals surface area contributed by atoms with Crippen LogP contribution >= 0.6 is 0 Å². The van der Waals surface area contributed by atoms with Crippen molar-refractivity contribution in [2.75, 3.05) is 39.8 Å². The number of nitrogens with zero attached hydrogens (tertiary/aromatic N) is 2. The molecule has 0 bridgehead atoms. The summed E-state index contributed by atoms with van der Waals surface area (Å²) in [5.74, 6) is 0. The van der Waals surface area contributed by atoms with Crippen LogP contribution in [0.3, 0.4) is 0 Å². The SMILES string of the molecule is CC.CN1CCN(CC(C)(C)O)CC1. The van der Waals surface area contributed by atoms with E-state index < -0.39 is 5.60 Å². The van der Waals surface area contributed by atoms with Crippen LogP contribution in [0.25, 0.3) is 0 Å². The van der Waals surface area contributed by atoms with E-state index in [1.54, 1.807) is 0 Å². The molecule has 0 aromatic carbocycles. The smallest absolute Gasteiger partial charge is 0.0718 e. The van der Waals surface area contributed by atoms with Crippen LogP contribution in [0.1, 0.15) is 27.7 Å². The quantitative estimate of drug-likeness (QED) is 0.724. The summed E-state index contributed by atoms with van der Waals surface area (Å²) in [5.41, 5.74) is -0.546. The molecule has 3 nitrogen and oxygen atoms in total. The second kappa shape index (κ2) is 6.38. The Morgan fingerprint density at radius 1 is 1.07 bits per heavy atom. The van der Waals surface area contributed by atoms with Crippen LogP contribution < -0.4 is 0 Å². The van der Waals surface area contributed by atoms with E-state index in [0.29, 0.717) is 0 Å². The Morgan fingerprint density at radius 3 is 1.86 bits per heavy atom. The zero-order valence-electron chi connectivity index (χ0n) is 10.4. The second-order valence-corrected chi connectivity index (χ2v) is 4.39. The number of hydrogen-bond donors (Lipinski definition) is 1. The highest BCUT2D eigenvalue weighted by Gasteiger charge is 2.20. The molecule has 0 atom stereocenters. The largest absolute Gasteiger partial charge is 0.389 e. The van der Waals surface area contributed by atoms with Crippen LogP contribution in [0, 0.1) is 0 Å². The molecule has 1 heterocycles. The van der Waals surface area contributed by atoms with Gasteiger partial charge in [0.15, 0.2) is 0 Å². The van der Waals surface area contributed by atoms with Crippen molar-refractivity contribution in [2.24, 2.45) is 0 Å². The van der Waals surface area contributed by atoms with Crippen molar-refractivity contribution in [1.82, 2.24) is 9.80 Å². The van der Waals surface area contributed by atoms with Gasteiger partial charge in [-0.3, -0.25) is 4.90 Å². The molecule has 1 saturated heterocycles. The maximum absolute atomic E-state index is 9.58. The van der Waals surface area contributed by atoms with Gasteiger partial charge in [0.1, 0.15) is 0 Å². The zero-order chi connectivity index (χ0) is 11.2. The van der Waals surface area contributed by atoms with Gasteiger partial charge in [0.2, 0.25) is 0 Å². The lowest BCUT2D eigenvalue weighted by Crippen LogP contribution is -2.49. The molecule has 0 aliphatic carbocycles. The summed E-state index contributed by atoms with van der Waals surface area (Å²) in [5, 5.41) is 9.58. The van der Waals surface area contributed by atoms with Gasteiger partial charge in [-0.2, -0.15) is 0 Å². The lowest BCUT2D eigenvalue weighted by Gasteiger charge is -2.35. The summed E-state index contributed by atoms with van der Waals surface area (Å²) in [6.07, 6.45) is 0. The molecule has 0 aromatic rings. The van der Waals surface area contributed by atoms with Gasteiger partial charge in [0, 0.05) is 32.7 Å². The van der Waals surface area contributed by atoms with E-state index in [9.17, 15) is 5.11 Å². The average Bonchev–Trinajstić information content (AvgIpc) is 2.10. The Morgan fingerprint density at radius 2 is 1.50 bits per heavy atom. The molecule has 1 fully saturated rings. The van der Waals surface area contributed by atoms with Crippen LogP contribution in [0.15, 0.2) is 0 Å². The Labute approximate surface area is 88.7 Å². The molecule has 1 aliphatic heterocycles. The maximum atomic E-state index is 9.58. The molecule has 0 amide bonds. The summed E-state index contributed by atoms with van der Waals surface area (Å²) in [6.45, 7) is 12.9. The highest BCUT2D eigenvalue weighted by Crippen LogP contribution is 2.07. The minimum atomic E-state index is -0.546. The van der Waals surface area contributed by atoms with E-state index in [-0.39, 0.29) is 0 Å². The molecule has 0 spiro atoms. The van der Waals surface area contributed by atoms with E-state index in [1.807, 2.05) is 27.7 Å². The number of hydrogen-bond acceptors (Lipinski definition) is 3. The Balaban J connectivity index is 0.000000791. The van der Waals surface area contributed by atoms with Crippen molar-refractivity contribution in [3.8, 4) is 0 Å². The predicted molar refractivity (Wildman–Crippen MR) is 61.6 cm³/mol. The molecule has 0 unspecified atom stereocenters. The van der Waals surface area contributed by atoms with Gasteiger partial charge in [-0.05, 0) is 20.9 Å². The van der Waals surface area contributed by atoms with Crippen LogP contribution in [0.5, 0.6) is 0 Å². The Bertz CT molecular complexity index is 135. The van der Waals surface area contributed by atoms with Crippen LogP contribution in [0.2, 0.25) is 0 Å². The molecule has 0 saturated carbocycles. The van der Waals surface area contributed by atoms with Crippen molar-refractivity contribution in [2.45, 2.75) is 33.3 Å². The maximum Gasteiger partial charge on any atom is 0.0718 e. The molecule has 0 aromatic heterocycles. The molecule has 14 heavy (non-hydrogen) atoms. The van der Waals surface area contributed by atoms with Crippen molar-refractivity contribution >= 4 is 0 Å². The monoisotopic (exact) mass is 202 g/mol. The van der Waals surface area contributed by atoms with E-state index in [4.69, 9.17) is 0 Å². The van der Waals surface area contributed by atoms with Crippen LogP contribution in [-0.4, -0.2) is 60.3 Å². The summed E-state index contributed by atoms with van der Waals surface area (Å²) >= 11 is 0. The van der Waals surface area contributed by atoms with E-state index >= 15 is 0 Å². The Kier molecular flexibility index (Phi) is 6.33. The van der Waals surface area contributed by atoms with Gasteiger partial charge < -0.3 is 10.0 Å². The average molecular weight is 202 g/mol. The third kappa shape index (κ3) is 6.35. The molecular formula is C11H26N2O. The second-order valence-electron chi connectivity index (χ2n) is 4.39. The van der Waals surface area contributed by atoms with Gasteiger partial charge in [0.05, 0.1) is 5.60 Å². The molecule has 0 radical (unpaired) electrons. The predicted octanol–water partition coefficient (Wildman–Crippen LogP) is 1.03. The summed E-state index contributed by atoms with van der Waals surface area (Å²) in [4.78, 5) is 4.64. The third-order valence-corrected chi connectivity index (χ3v) is 2.21. The summed E-state index contributed by atoms with van der Waals surface area (Å²) < 4.78 is 0. The van der Waals surface area contributed by atoms with Gasteiger partial charge in [-0.1, -0.05) is 13.8 Å². The number of piperazine rings is 1. The van der Waals surface area contributed by atoms with Gasteiger partial charge in [-0.15, -0.1) is 0 Å². The van der Waals surface area contributed by atoms with Crippen molar-refractivity contribution < 1.29 is 5.11 Å². The number of rotatable bonds is 2. The standard InChI is InChI=1S/C9H20N2O.C2H6/c1-9(2,12)8-11-6-4-10(3)5-7-11;1-2/h12H,4-8H2,1-3H3;1-2H3. The van der Waals surface area contributed by atoms with Crippen molar-refractivity contribution in [3.05, 3.63) is 0 Å². The van der Waals surface area contributed by atoms with Gasteiger partial charge in [0.25, 0.3) is 0 Å². The van der Waals surface area contributed by atoms with E-state index in [0.717, 1.165) is 32.7 Å². The first-order valence-corrected chi connectivity index (χ1v) is 5.61. The molecule has 1 N–H and O–H groups in total. The molecule has 1 aliphatic rings. The first-order chi connectivity index (χ1) is 6.47. The molecule has 86 valence electrons. The highest BCUT2D eigenvalue weighted by molar-refractivity contribution is 4.76. The zero-order valence-corrected chi connectivity index (χ0v) is 10.4. The van der Waals surface area contributed by atoms with Crippen molar-refractivity contribution in [1.29, 1.82) is 0 Å². The lowest BCUT2D eigenvalue weighted by atomic mass is 10.1. The summed E-state index contributed by atoms with van der Waals surface area (Å²) in [7, 11) is 2.14. The first kappa shape index (κ1) is 13.9. The fraction of sp³-hybridized carbons (Fsp3) is 1.00. The fourth-order valence-corrected chi connectivity index (χ4v) is 1.55. The van der Waals surface area contributed by atoms with Gasteiger partial charge >= 0.3 is 0 Å². The number of aliphatic hydroxyl groups is 1. The normalized spacial score (nSPS) is 20.1. The lowest BCUT2D eigenvalue weighted by molar-refractivity contribution is 0.0210.